The number of ether oxygens (including phenoxy) is 2. The first-order chi connectivity index (χ1) is 16.5. The molecule has 7 heteroatoms. The summed E-state index contributed by atoms with van der Waals surface area (Å²) in [4.78, 5) is 38.5. The van der Waals surface area contributed by atoms with Gasteiger partial charge < -0.3 is 19.7 Å². The molecule has 0 radical (unpaired) electrons. The molecular weight excluding hydrogens is 448 g/mol. The van der Waals surface area contributed by atoms with Crippen LogP contribution in [0.2, 0.25) is 0 Å². The Balaban J connectivity index is 1.60. The normalized spacial score (nSPS) is 38.6. The second-order valence-electron chi connectivity index (χ2n) is 11.3. The molecule has 3 aliphatic rings. The fourth-order valence-corrected chi connectivity index (χ4v) is 7.05. The zero-order valence-corrected chi connectivity index (χ0v) is 20.8. The fourth-order valence-electron chi connectivity index (χ4n) is 7.05. The molecule has 2 N–H and O–H groups in total. The lowest BCUT2D eigenvalue weighted by Gasteiger charge is -2.59. The van der Waals surface area contributed by atoms with Crippen LogP contribution in [-0.4, -0.2) is 46.7 Å². The Morgan fingerprint density at radius 1 is 1.20 bits per heavy atom. The molecule has 0 aromatic heterocycles. The zero-order valence-electron chi connectivity index (χ0n) is 20.8. The molecule has 190 valence electrons. The minimum Gasteiger partial charge on any atom is -0.507 e. The predicted molar refractivity (Wildman–Crippen MR) is 128 cm³/mol. The number of phenols is 1. The maximum absolute atomic E-state index is 13.3. The summed E-state index contributed by atoms with van der Waals surface area (Å²) in [7, 11) is 0. The average molecular weight is 485 g/mol. The van der Waals surface area contributed by atoms with E-state index in [1.54, 1.807) is 18.2 Å². The van der Waals surface area contributed by atoms with Gasteiger partial charge in [-0.2, -0.15) is 0 Å². The molecule has 0 unspecified atom stereocenters. The molecule has 7 atom stereocenters. The third-order valence-electron chi connectivity index (χ3n) is 9.37. The number of ketones is 1. The van der Waals surface area contributed by atoms with Crippen molar-refractivity contribution in [2.45, 2.75) is 71.5 Å². The molecule has 35 heavy (non-hydrogen) atoms. The van der Waals surface area contributed by atoms with Gasteiger partial charge in [-0.25, -0.2) is 9.59 Å². The van der Waals surface area contributed by atoms with Crippen LogP contribution in [0.3, 0.4) is 0 Å². The van der Waals surface area contributed by atoms with Gasteiger partial charge in [0.25, 0.3) is 0 Å². The molecule has 3 fully saturated rings. The van der Waals surface area contributed by atoms with Crippen molar-refractivity contribution in [1.29, 1.82) is 0 Å². The lowest BCUT2D eigenvalue weighted by atomic mass is 9.46. The summed E-state index contributed by atoms with van der Waals surface area (Å²) < 4.78 is 11.1. The van der Waals surface area contributed by atoms with Crippen LogP contribution in [0, 0.1) is 28.1 Å². The van der Waals surface area contributed by atoms with Crippen molar-refractivity contribution in [3.8, 4) is 5.75 Å². The van der Waals surface area contributed by atoms with Crippen LogP contribution in [0.4, 0.5) is 0 Å². The predicted octanol–water partition coefficient (Wildman–Crippen LogP) is 4.21. The van der Waals surface area contributed by atoms with E-state index in [2.05, 4.69) is 13.5 Å². The highest BCUT2D eigenvalue weighted by atomic mass is 16.6. The van der Waals surface area contributed by atoms with Crippen LogP contribution in [0.5, 0.6) is 5.75 Å². The van der Waals surface area contributed by atoms with Crippen molar-refractivity contribution in [3.05, 3.63) is 42.5 Å². The number of hydrogen-bond acceptors (Lipinski definition) is 7. The van der Waals surface area contributed by atoms with Gasteiger partial charge in [-0.15, -0.1) is 6.58 Å². The first-order valence-corrected chi connectivity index (χ1v) is 12.5. The van der Waals surface area contributed by atoms with Crippen molar-refractivity contribution in [2.75, 3.05) is 6.61 Å². The van der Waals surface area contributed by atoms with Crippen molar-refractivity contribution >= 4 is 17.7 Å². The molecule has 0 amide bonds. The smallest absolute Gasteiger partial charge is 0.344 e. The van der Waals surface area contributed by atoms with Crippen molar-refractivity contribution in [2.24, 2.45) is 28.1 Å². The second kappa shape index (κ2) is 9.08. The number of benzene rings is 1. The van der Waals surface area contributed by atoms with Crippen LogP contribution in [-0.2, 0) is 19.1 Å². The molecular formula is C28H36O7. The third kappa shape index (κ3) is 4.18. The van der Waals surface area contributed by atoms with Gasteiger partial charge in [-0.05, 0) is 55.6 Å². The van der Waals surface area contributed by atoms with Gasteiger partial charge in [0.15, 0.2) is 6.61 Å². The summed E-state index contributed by atoms with van der Waals surface area (Å²) in [6.45, 7) is 9.47. The standard InChI is InChI=1S/C28H36O7/c1-5-26(3)15-22(35-23(32)16-34-25(33)18-8-6-7-9-19(18)29)27(4)12-10-17(2)28(14-21(26)31)13-11-20(30)24(27)28/h5-9,17,21-22,24,29,31H,1,10-16H2,2-4H3/t17-,21-,22+,24-,26+,27-,28+/m0/s1. The average Bonchev–Trinajstić information content (AvgIpc) is 3.17. The van der Waals surface area contributed by atoms with E-state index in [-0.39, 0.29) is 34.3 Å². The Bertz CT molecular complexity index is 1030. The Kier molecular flexibility index (Phi) is 6.60. The number of aliphatic hydroxyl groups excluding tert-OH is 1. The number of hydrogen-bond donors (Lipinski definition) is 2. The van der Waals surface area contributed by atoms with E-state index in [1.165, 1.54) is 12.1 Å². The van der Waals surface area contributed by atoms with Crippen molar-refractivity contribution in [3.63, 3.8) is 0 Å². The van der Waals surface area contributed by atoms with E-state index >= 15 is 0 Å². The maximum Gasteiger partial charge on any atom is 0.344 e. The summed E-state index contributed by atoms with van der Waals surface area (Å²) in [6, 6.07) is 5.93. The van der Waals surface area contributed by atoms with Crippen LogP contribution in [0.1, 0.15) is 69.7 Å². The number of aliphatic hydroxyl groups is 1. The van der Waals surface area contributed by atoms with Gasteiger partial charge in [-0.1, -0.05) is 39.0 Å². The SMILES string of the molecule is C=C[C@]1(C)C[C@@H](OC(=O)COC(=O)c2ccccc2O)[C@]2(C)CC[C@H](C)[C@@]3(CCC(=O)[C@@H]23)C[C@@H]1O. The van der Waals surface area contributed by atoms with Crippen LogP contribution < -0.4 is 0 Å². The molecule has 1 aromatic carbocycles. The largest absolute Gasteiger partial charge is 0.507 e. The molecule has 0 spiro atoms. The van der Waals surface area contributed by atoms with E-state index in [9.17, 15) is 24.6 Å². The zero-order chi connectivity index (χ0) is 25.6. The highest BCUT2D eigenvalue weighted by molar-refractivity contribution is 5.93. The highest BCUT2D eigenvalue weighted by Gasteiger charge is 2.66. The summed E-state index contributed by atoms with van der Waals surface area (Å²) in [5, 5.41) is 21.2. The molecule has 2 bridgehead atoms. The van der Waals surface area contributed by atoms with E-state index < -0.39 is 41.6 Å². The Morgan fingerprint density at radius 2 is 1.91 bits per heavy atom. The first-order valence-electron chi connectivity index (χ1n) is 12.5. The molecule has 4 rings (SSSR count). The fraction of sp³-hybridized carbons (Fsp3) is 0.607. The van der Waals surface area contributed by atoms with Gasteiger partial charge in [0.2, 0.25) is 0 Å². The number of carbonyl (C=O) groups excluding carboxylic acids is 3. The summed E-state index contributed by atoms with van der Waals surface area (Å²) in [6.07, 6.45) is 4.02. The van der Waals surface area contributed by atoms with Crippen LogP contribution >= 0.6 is 0 Å². The Labute approximate surface area is 206 Å². The molecule has 1 aromatic rings. The number of carbonyl (C=O) groups is 3. The Morgan fingerprint density at radius 3 is 2.60 bits per heavy atom. The van der Waals surface area contributed by atoms with Crippen molar-refractivity contribution < 1.29 is 34.1 Å². The molecule has 0 aliphatic heterocycles. The van der Waals surface area contributed by atoms with Crippen molar-refractivity contribution in [1.82, 2.24) is 0 Å². The summed E-state index contributed by atoms with van der Waals surface area (Å²) in [5.74, 6) is -1.64. The molecule has 7 nitrogen and oxygen atoms in total. The quantitative estimate of drug-likeness (QED) is 0.476. The minimum absolute atomic E-state index is 0.0387. The summed E-state index contributed by atoms with van der Waals surface area (Å²) >= 11 is 0. The van der Waals surface area contributed by atoms with Crippen LogP contribution in [0.25, 0.3) is 0 Å². The third-order valence-corrected chi connectivity index (χ3v) is 9.37. The first kappa shape index (κ1) is 25.4. The van der Waals surface area contributed by atoms with E-state index in [0.717, 1.165) is 19.3 Å². The van der Waals surface area contributed by atoms with E-state index in [0.29, 0.717) is 19.3 Å². The highest BCUT2D eigenvalue weighted by Crippen LogP contribution is 2.66. The lowest BCUT2D eigenvalue weighted by Crippen LogP contribution is -2.59. The molecule has 3 saturated carbocycles. The topological polar surface area (TPSA) is 110 Å². The number of phenolic OH excluding ortho intramolecular Hbond substituents is 1. The number of rotatable bonds is 5. The van der Waals surface area contributed by atoms with Gasteiger partial charge in [0, 0.05) is 23.2 Å². The number of Topliss-reactive ketones (excluding diaryl/α,β-unsaturated/α-hetero) is 1. The number of aromatic hydroxyl groups is 1. The molecule has 0 heterocycles. The maximum atomic E-state index is 13.3. The van der Waals surface area contributed by atoms with Gasteiger partial charge in [0.05, 0.1) is 6.10 Å². The van der Waals surface area contributed by atoms with Gasteiger partial charge >= 0.3 is 11.9 Å². The Hall–Kier alpha value is -2.67. The summed E-state index contributed by atoms with van der Waals surface area (Å²) in [5.41, 5.74) is -1.68. The monoisotopic (exact) mass is 484 g/mol. The van der Waals surface area contributed by atoms with Gasteiger partial charge in [0.1, 0.15) is 23.2 Å². The van der Waals surface area contributed by atoms with Crippen LogP contribution in [0.15, 0.2) is 36.9 Å². The number of esters is 2. The lowest BCUT2D eigenvalue weighted by molar-refractivity contribution is -0.192. The second-order valence-corrected chi connectivity index (χ2v) is 11.3. The van der Waals surface area contributed by atoms with Gasteiger partial charge in [-0.3, -0.25) is 4.79 Å². The minimum atomic E-state index is -0.827. The molecule has 3 aliphatic carbocycles. The molecule has 0 saturated heterocycles. The van der Waals surface area contributed by atoms with E-state index in [4.69, 9.17) is 9.47 Å². The van der Waals surface area contributed by atoms with E-state index in [1.807, 2.05) is 13.8 Å². The number of para-hydroxylation sites is 1.